The largest absolute Gasteiger partial charge is 0.481 e. The Morgan fingerprint density at radius 3 is 2.56 bits per heavy atom. The third-order valence-electron chi connectivity index (χ3n) is 6.06. The van der Waals surface area contributed by atoms with Gasteiger partial charge in [0.25, 0.3) is 5.91 Å². The molecule has 1 aliphatic heterocycles. The van der Waals surface area contributed by atoms with Gasteiger partial charge in [0.1, 0.15) is 0 Å². The SMILES string of the molecule is CC(CCCc1ccccc1)C(O)C=CC1CC(F)(F)C(=O)N1CCCCCCC(=O)O. The van der Waals surface area contributed by atoms with Crippen LogP contribution in [0.5, 0.6) is 0 Å². The Labute approximate surface area is 189 Å². The lowest BCUT2D eigenvalue weighted by Crippen LogP contribution is -2.36. The van der Waals surface area contributed by atoms with Crippen molar-refractivity contribution in [1.29, 1.82) is 0 Å². The minimum atomic E-state index is -3.38. The number of amides is 1. The van der Waals surface area contributed by atoms with Crippen molar-refractivity contribution in [2.75, 3.05) is 6.54 Å². The van der Waals surface area contributed by atoms with Crippen molar-refractivity contribution in [1.82, 2.24) is 4.90 Å². The summed E-state index contributed by atoms with van der Waals surface area (Å²) < 4.78 is 28.0. The van der Waals surface area contributed by atoms with Crippen molar-refractivity contribution in [3.8, 4) is 0 Å². The van der Waals surface area contributed by atoms with Crippen LogP contribution >= 0.6 is 0 Å². The van der Waals surface area contributed by atoms with Crippen molar-refractivity contribution in [3.63, 3.8) is 0 Å². The van der Waals surface area contributed by atoms with E-state index in [0.29, 0.717) is 25.7 Å². The molecule has 1 aliphatic rings. The number of nitrogens with zero attached hydrogens (tertiary/aromatic N) is 1. The number of halogens is 2. The average molecular weight is 452 g/mol. The van der Waals surface area contributed by atoms with Crippen LogP contribution in [-0.2, 0) is 16.0 Å². The number of carboxylic acid groups (broad SMARTS) is 1. The van der Waals surface area contributed by atoms with Gasteiger partial charge in [0.05, 0.1) is 12.1 Å². The van der Waals surface area contributed by atoms with E-state index in [1.54, 1.807) is 12.2 Å². The van der Waals surface area contributed by atoms with Crippen molar-refractivity contribution in [3.05, 3.63) is 48.0 Å². The highest BCUT2D eigenvalue weighted by molar-refractivity contribution is 5.86. The number of aryl methyl sites for hydroxylation is 1. The summed E-state index contributed by atoms with van der Waals surface area (Å²) >= 11 is 0. The Bertz CT molecular complexity index is 754. The molecule has 2 rings (SSSR count). The van der Waals surface area contributed by atoms with E-state index in [4.69, 9.17) is 5.11 Å². The molecule has 2 N–H and O–H groups in total. The van der Waals surface area contributed by atoms with Gasteiger partial charge in [-0.3, -0.25) is 9.59 Å². The Morgan fingerprint density at radius 1 is 1.19 bits per heavy atom. The molecule has 1 heterocycles. The quantitative estimate of drug-likeness (QED) is 0.314. The number of carboxylic acids is 1. The summed E-state index contributed by atoms with van der Waals surface area (Å²) in [4.78, 5) is 23.8. The molecule has 3 atom stereocenters. The average Bonchev–Trinajstić information content (AvgIpc) is 2.97. The highest BCUT2D eigenvalue weighted by Crippen LogP contribution is 2.34. The molecule has 1 fully saturated rings. The van der Waals surface area contributed by atoms with Crippen LogP contribution in [0.3, 0.4) is 0 Å². The van der Waals surface area contributed by atoms with Gasteiger partial charge in [-0.2, -0.15) is 8.78 Å². The molecule has 0 aliphatic carbocycles. The number of hydrogen-bond acceptors (Lipinski definition) is 3. The van der Waals surface area contributed by atoms with Crippen molar-refractivity contribution in [2.24, 2.45) is 5.92 Å². The number of aliphatic carboxylic acids is 1. The van der Waals surface area contributed by atoms with E-state index in [2.05, 4.69) is 12.1 Å². The maximum absolute atomic E-state index is 14.0. The minimum absolute atomic E-state index is 0.0183. The number of unbranched alkanes of at least 4 members (excludes halogenated alkanes) is 3. The van der Waals surface area contributed by atoms with Crippen LogP contribution < -0.4 is 0 Å². The number of benzene rings is 1. The zero-order valence-corrected chi connectivity index (χ0v) is 18.8. The molecule has 0 aromatic heterocycles. The van der Waals surface area contributed by atoms with Gasteiger partial charge in [-0.15, -0.1) is 0 Å². The summed E-state index contributed by atoms with van der Waals surface area (Å²) in [5.41, 5.74) is 1.25. The molecular weight excluding hydrogens is 416 g/mol. The summed E-state index contributed by atoms with van der Waals surface area (Å²) in [6.45, 7) is 2.14. The fraction of sp³-hybridized carbons (Fsp3) is 0.600. The van der Waals surface area contributed by atoms with Crippen molar-refractivity contribution in [2.45, 2.75) is 82.8 Å². The molecule has 1 aromatic rings. The maximum atomic E-state index is 14.0. The molecule has 178 valence electrons. The van der Waals surface area contributed by atoms with Gasteiger partial charge in [-0.1, -0.05) is 62.2 Å². The Morgan fingerprint density at radius 2 is 1.88 bits per heavy atom. The van der Waals surface area contributed by atoms with Gasteiger partial charge < -0.3 is 15.1 Å². The number of aliphatic hydroxyl groups excluding tert-OH is 1. The topological polar surface area (TPSA) is 77.8 Å². The van der Waals surface area contributed by atoms with E-state index in [-0.39, 0.29) is 18.9 Å². The molecule has 3 unspecified atom stereocenters. The van der Waals surface area contributed by atoms with Crippen molar-refractivity contribution < 1.29 is 28.6 Å². The smallest absolute Gasteiger partial charge is 0.327 e. The van der Waals surface area contributed by atoms with Crippen molar-refractivity contribution >= 4 is 11.9 Å². The first-order chi connectivity index (χ1) is 15.2. The number of carbonyl (C=O) groups is 2. The normalized spacial score (nSPS) is 20.1. The summed E-state index contributed by atoms with van der Waals surface area (Å²) in [5, 5.41) is 19.1. The third-order valence-corrected chi connectivity index (χ3v) is 6.06. The van der Waals surface area contributed by atoms with Crippen LogP contribution in [0, 0.1) is 5.92 Å². The molecule has 0 spiro atoms. The van der Waals surface area contributed by atoms with Gasteiger partial charge >= 0.3 is 11.9 Å². The first kappa shape index (κ1) is 26.0. The molecule has 32 heavy (non-hydrogen) atoms. The van der Waals surface area contributed by atoms with E-state index >= 15 is 0 Å². The van der Waals surface area contributed by atoms with Gasteiger partial charge in [0.2, 0.25) is 0 Å². The summed E-state index contributed by atoms with van der Waals surface area (Å²) in [6.07, 6.45) is 6.95. The number of likely N-dealkylation sites (tertiary alicyclic amines) is 1. The first-order valence-electron chi connectivity index (χ1n) is 11.5. The monoisotopic (exact) mass is 451 g/mol. The first-order valence-corrected chi connectivity index (χ1v) is 11.5. The Balaban J connectivity index is 1.81. The van der Waals surface area contributed by atoms with Gasteiger partial charge in [-0.05, 0) is 43.6 Å². The molecule has 0 saturated carbocycles. The predicted molar refractivity (Wildman–Crippen MR) is 119 cm³/mol. The Kier molecular flexibility index (Phi) is 10.3. The second-order valence-corrected chi connectivity index (χ2v) is 8.76. The lowest BCUT2D eigenvalue weighted by atomic mass is 9.95. The van der Waals surface area contributed by atoms with Crippen LogP contribution in [0.15, 0.2) is 42.5 Å². The van der Waals surface area contributed by atoms with Crippen LogP contribution in [0.2, 0.25) is 0 Å². The fourth-order valence-electron chi connectivity index (χ4n) is 4.05. The molecule has 0 radical (unpaired) electrons. The molecule has 0 bridgehead atoms. The van der Waals surface area contributed by atoms with Gasteiger partial charge in [0.15, 0.2) is 0 Å². The van der Waals surface area contributed by atoms with E-state index in [0.717, 1.165) is 19.3 Å². The maximum Gasteiger partial charge on any atom is 0.327 e. The van der Waals surface area contributed by atoms with E-state index in [1.807, 2.05) is 25.1 Å². The van der Waals surface area contributed by atoms with Gasteiger partial charge in [0, 0.05) is 19.4 Å². The molecule has 1 aromatic carbocycles. The summed E-state index contributed by atoms with van der Waals surface area (Å²) in [6, 6.07) is 9.37. The molecule has 1 saturated heterocycles. The zero-order chi connectivity index (χ0) is 23.6. The van der Waals surface area contributed by atoms with Crippen LogP contribution in [0.1, 0.15) is 63.9 Å². The number of hydrogen-bond donors (Lipinski definition) is 2. The molecule has 5 nitrogen and oxygen atoms in total. The predicted octanol–water partition coefficient (Wildman–Crippen LogP) is 4.83. The number of carbonyl (C=O) groups excluding carboxylic acids is 1. The number of alkyl halides is 2. The van der Waals surface area contributed by atoms with E-state index < -0.39 is 36.4 Å². The molecule has 7 heteroatoms. The number of rotatable bonds is 14. The Hall–Kier alpha value is -2.28. The third kappa shape index (κ3) is 8.34. The summed E-state index contributed by atoms with van der Waals surface area (Å²) in [7, 11) is 0. The van der Waals surface area contributed by atoms with Gasteiger partial charge in [-0.25, -0.2) is 0 Å². The highest BCUT2D eigenvalue weighted by atomic mass is 19.3. The fourth-order valence-corrected chi connectivity index (χ4v) is 4.05. The van der Waals surface area contributed by atoms with Crippen LogP contribution in [-0.4, -0.2) is 51.6 Å². The second kappa shape index (κ2) is 12.7. The van der Waals surface area contributed by atoms with Crippen LogP contribution in [0.25, 0.3) is 0 Å². The molecule has 1 amide bonds. The number of aliphatic hydroxyl groups is 1. The molecular formula is C25H35F2NO4. The van der Waals surface area contributed by atoms with Crippen LogP contribution in [0.4, 0.5) is 8.78 Å². The lowest BCUT2D eigenvalue weighted by molar-refractivity contribution is -0.148. The standard InChI is InChI=1S/C25H35F2NO4/c1-19(10-9-13-20-11-5-4-6-12-20)22(29)16-15-21-18-25(26,27)24(32)28(21)17-8-3-2-7-14-23(30)31/h4-6,11-12,15-16,19,21-22,29H,2-3,7-10,13-14,17-18H2,1H3,(H,30,31). The highest BCUT2D eigenvalue weighted by Gasteiger charge is 2.52. The second-order valence-electron chi connectivity index (χ2n) is 8.76. The van der Waals surface area contributed by atoms with E-state index in [9.17, 15) is 23.5 Å². The summed E-state index contributed by atoms with van der Waals surface area (Å²) in [5.74, 6) is -5.42. The zero-order valence-electron chi connectivity index (χ0n) is 18.8. The minimum Gasteiger partial charge on any atom is -0.481 e. The van der Waals surface area contributed by atoms with E-state index in [1.165, 1.54) is 10.5 Å². The lowest BCUT2D eigenvalue weighted by Gasteiger charge is -2.22.